The molecule has 0 amide bonds. The summed E-state index contributed by atoms with van der Waals surface area (Å²) in [4.78, 5) is 12.7. The molecule has 0 heterocycles. The maximum absolute atomic E-state index is 11.0. The van der Waals surface area contributed by atoms with Crippen molar-refractivity contribution in [3.8, 4) is 0 Å². The van der Waals surface area contributed by atoms with Crippen molar-refractivity contribution in [2.24, 2.45) is 5.92 Å². The standard InChI is InChI=1S/C9H17NO2/c1-6-7(2)9(3,8(11)12)10(4)5/h6-7H,1H2,2-5H3,(H,11,12). The van der Waals surface area contributed by atoms with Crippen LogP contribution in [0.5, 0.6) is 0 Å². The summed E-state index contributed by atoms with van der Waals surface area (Å²) in [6.45, 7) is 7.15. The number of carboxylic acid groups (broad SMARTS) is 1. The smallest absolute Gasteiger partial charge is 0.324 e. The summed E-state index contributed by atoms with van der Waals surface area (Å²) in [5.41, 5.74) is -0.859. The Balaban J connectivity index is 4.86. The third-order valence-corrected chi connectivity index (χ3v) is 2.60. The molecule has 0 aromatic rings. The van der Waals surface area contributed by atoms with Crippen LogP contribution in [0.3, 0.4) is 0 Å². The Kier molecular flexibility index (Phi) is 3.46. The van der Waals surface area contributed by atoms with Gasteiger partial charge >= 0.3 is 5.97 Å². The highest BCUT2D eigenvalue weighted by Gasteiger charge is 2.39. The van der Waals surface area contributed by atoms with Crippen molar-refractivity contribution in [2.45, 2.75) is 19.4 Å². The summed E-state index contributed by atoms with van der Waals surface area (Å²) >= 11 is 0. The summed E-state index contributed by atoms with van der Waals surface area (Å²) in [6, 6.07) is 0. The van der Waals surface area contributed by atoms with Crippen molar-refractivity contribution >= 4 is 5.97 Å². The van der Waals surface area contributed by atoms with Crippen molar-refractivity contribution in [1.29, 1.82) is 0 Å². The summed E-state index contributed by atoms with van der Waals surface area (Å²) in [7, 11) is 3.52. The van der Waals surface area contributed by atoms with Gasteiger partial charge in [0.2, 0.25) is 0 Å². The molecule has 3 heteroatoms. The van der Waals surface area contributed by atoms with Gasteiger partial charge in [-0.25, -0.2) is 0 Å². The Labute approximate surface area is 73.7 Å². The number of nitrogens with zero attached hydrogens (tertiary/aromatic N) is 1. The van der Waals surface area contributed by atoms with Gasteiger partial charge in [0.1, 0.15) is 5.54 Å². The Morgan fingerprint density at radius 3 is 2.17 bits per heavy atom. The van der Waals surface area contributed by atoms with Crippen molar-refractivity contribution in [2.75, 3.05) is 14.1 Å². The highest BCUT2D eigenvalue weighted by molar-refractivity contribution is 5.78. The summed E-state index contributed by atoms with van der Waals surface area (Å²) in [5.74, 6) is -0.898. The first kappa shape index (κ1) is 11.2. The summed E-state index contributed by atoms with van der Waals surface area (Å²) in [6.07, 6.45) is 1.66. The van der Waals surface area contributed by atoms with Gasteiger partial charge in [-0.3, -0.25) is 9.69 Å². The fourth-order valence-electron chi connectivity index (χ4n) is 1.02. The zero-order chi connectivity index (χ0) is 9.94. The molecule has 70 valence electrons. The van der Waals surface area contributed by atoms with Gasteiger partial charge < -0.3 is 5.11 Å². The van der Waals surface area contributed by atoms with Crippen molar-refractivity contribution in [3.63, 3.8) is 0 Å². The third-order valence-electron chi connectivity index (χ3n) is 2.60. The fraction of sp³-hybridized carbons (Fsp3) is 0.667. The van der Waals surface area contributed by atoms with Crippen LogP contribution in [0.4, 0.5) is 0 Å². The van der Waals surface area contributed by atoms with E-state index in [2.05, 4.69) is 6.58 Å². The van der Waals surface area contributed by atoms with E-state index in [1.165, 1.54) is 0 Å². The first-order valence-corrected chi connectivity index (χ1v) is 3.90. The number of aliphatic carboxylic acids is 1. The van der Waals surface area contributed by atoms with E-state index in [-0.39, 0.29) is 5.92 Å². The van der Waals surface area contributed by atoms with E-state index >= 15 is 0 Å². The van der Waals surface area contributed by atoms with Gasteiger partial charge in [0, 0.05) is 5.92 Å². The minimum atomic E-state index is -0.859. The maximum Gasteiger partial charge on any atom is 0.324 e. The van der Waals surface area contributed by atoms with E-state index in [0.29, 0.717) is 0 Å². The molecule has 0 fully saturated rings. The van der Waals surface area contributed by atoms with Crippen LogP contribution in [0.2, 0.25) is 0 Å². The molecule has 0 rings (SSSR count). The molecule has 0 aromatic heterocycles. The topological polar surface area (TPSA) is 40.5 Å². The second-order valence-electron chi connectivity index (χ2n) is 3.37. The van der Waals surface area contributed by atoms with Gasteiger partial charge in [-0.2, -0.15) is 0 Å². The molecule has 0 radical (unpaired) electrons. The van der Waals surface area contributed by atoms with E-state index in [4.69, 9.17) is 5.11 Å². The van der Waals surface area contributed by atoms with Crippen LogP contribution < -0.4 is 0 Å². The van der Waals surface area contributed by atoms with E-state index < -0.39 is 11.5 Å². The lowest BCUT2D eigenvalue weighted by atomic mass is 9.86. The second kappa shape index (κ2) is 3.72. The second-order valence-corrected chi connectivity index (χ2v) is 3.37. The Hall–Kier alpha value is -0.830. The van der Waals surface area contributed by atoms with Gasteiger partial charge in [0.15, 0.2) is 0 Å². The first-order valence-electron chi connectivity index (χ1n) is 3.90. The molecule has 0 spiro atoms. The number of likely N-dealkylation sites (N-methyl/N-ethyl adjacent to an activating group) is 1. The molecule has 2 unspecified atom stereocenters. The van der Waals surface area contributed by atoms with Gasteiger partial charge in [-0.15, -0.1) is 6.58 Å². The van der Waals surface area contributed by atoms with E-state index in [1.807, 2.05) is 6.92 Å². The van der Waals surface area contributed by atoms with Crippen LogP contribution in [-0.4, -0.2) is 35.6 Å². The largest absolute Gasteiger partial charge is 0.480 e. The van der Waals surface area contributed by atoms with Crippen LogP contribution in [0.1, 0.15) is 13.8 Å². The highest BCUT2D eigenvalue weighted by Crippen LogP contribution is 2.23. The molecular formula is C9H17NO2. The maximum atomic E-state index is 11.0. The van der Waals surface area contributed by atoms with E-state index in [1.54, 1.807) is 32.0 Å². The lowest BCUT2D eigenvalue weighted by Crippen LogP contribution is -2.52. The van der Waals surface area contributed by atoms with E-state index in [0.717, 1.165) is 0 Å². The van der Waals surface area contributed by atoms with Gasteiger partial charge in [-0.05, 0) is 21.0 Å². The molecule has 0 bridgehead atoms. The predicted molar refractivity (Wildman–Crippen MR) is 49.1 cm³/mol. The quantitative estimate of drug-likeness (QED) is 0.646. The predicted octanol–water partition coefficient (Wildman–Crippen LogP) is 1.21. The molecule has 2 atom stereocenters. The normalized spacial score (nSPS) is 18.4. The summed E-state index contributed by atoms with van der Waals surface area (Å²) in [5, 5.41) is 9.02. The van der Waals surface area contributed by atoms with Crippen molar-refractivity contribution < 1.29 is 9.90 Å². The minimum Gasteiger partial charge on any atom is -0.480 e. The molecule has 12 heavy (non-hydrogen) atoms. The van der Waals surface area contributed by atoms with Crippen molar-refractivity contribution in [1.82, 2.24) is 4.90 Å². The first-order chi connectivity index (χ1) is 5.37. The minimum absolute atomic E-state index is 0.0787. The fourth-order valence-corrected chi connectivity index (χ4v) is 1.02. The Morgan fingerprint density at radius 1 is 1.67 bits per heavy atom. The molecule has 0 aromatic carbocycles. The van der Waals surface area contributed by atoms with Crippen LogP contribution >= 0.6 is 0 Å². The Morgan fingerprint density at radius 2 is 2.08 bits per heavy atom. The molecular weight excluding hydrogens is 154 g/mol. The SMILES string of the molecule is C=CC(C)C(C)(C(=O)O)N(C)C. The lowest BCUT2D eigenvalue weighted by Gasteiger charge is -2.35. The number of carbonyl (C=O) groups is 1. The third kappa shape index (κ3) is 1.67. The van der Waals surface area contributed by atoms with Gasteiger partial charge in [0.25, 0.3) is 0 Å². The Bertz CT molecular complexity index is 189. The molecule has 1 N–H and O–H groups in total. The number of hydrogen-bond donors (Lipinski definition) is 1. The van der Waals surface area contributed by atoms with Gasteiger partial charge in [-0.1, -0.05) is 13.0 Å². The van der Waals surface area contributed by atoms with Crippen LogP contribution in [0, 0.1) is 5.92 Å². The molecule has 3 nitrogen and oxygen atoms in total. The summed E-state index contributed by atoms with van der Waals surface area (Å²) < 4.78 is 0. The molecule has 0 aliphatic carbocycles. The highest BCUT2D eigenvalue weighted by atomic mass is 16.4. The number of hydrogen-bond acceptors (Lipinski definition) is 2. The van der Waals surface area contributed by atoms with Gasteiger partial charge in [0.05, 0.1) is 0 Å². The van der Waals surface area contributed by atoms with E-state index in [9.17, 15) is 4.79 Å². The van der Waals surface area contributed by atoms with Crippen molar-refractivity contribution in [3.05, 3.63) is 12.7 Å². The number of carboxylic acids is 1. The zero-order valence-electron chi connectivity index (χ0n) is 8.16. The lowest BCUT2D eigenvalue weighted by molar-refractivity contribution is -0.150. The zero-order valence-corrected chi connectivity index (χ0v) is 8.16. The molecule has 0 saturated carbocycles. The number of rotatable bonds is 4. The molecule has 0 aliphatic rings. The monoisotopic (exact) mass is 171 g/mol. The van der Waals surface area contributed by atoms with Crippen LogP contribution in [-0.2, 0) is 4.79 Å². The average molecular weight is 171 g/mol. The van der Waals surface area contributed by atoms with Crippen LogP contribution in [0.15, 0.2) is 12.7 Å². The average Bonchev–Trinajstić information content (AvgIpc) is 2.00. The molecule has 0 saturated heterocycles. The van der Waals surface area contributed by atoms with Crippen LogP contribution in [0.25, 0.3) is 0 Å². The molecule has 0 aliphatic heterocycles.